The largest absolute Gasteiger partial charge is 0.368 e. The third-order valence-corrected chi connectivity index (χ3v) is 5.98. The van der Waals surface area contributed by atoms with Crippen molar-refractivity contribution >= 4 is 40.5 Å². The number of nitrogens with one attached hydrogen (secondary N) is 2. The quantitative estimate of drug-likeness (QED) is 0.482. The number of rotatable bonds is 5. The number of halogens is 1. The van der Waals surface area contributed by atoms with Gasteiger partial charge in [0.1, 0.15) is 17.2 Å². The lowest BCUT2D eigenvalue weighted by Gasteiger charge is -2.57. The van der Waals surface area contributed by atoms with Crippen molar-refractivity contribution in [1.29, 1.82) is 0 Å². The lowest BCUT2D eigenvalue weighted by molar-refractivity contribution is 0.0821. The van der Waals surface area contributed by atoms with Crippen LogP contribution in [0.15, 0.2) is 37.0 Å². The van der Waals surface area contributed by atoms with Gasteiger partial charge in [0.05, 0.1) is 5.69 Å². The van der Waals surface area contributed by atoms with E-state index in [0.29, 0.717) is 34.1 Å². The minimum absolute atomic E-state index is 0.157. The van der Waals surface area contributed by atoms with Crippen LogP contribution in [0.3, 0.4) is 0 Å². The van der Waals surface area contributed by atoms with Crippen LogP contribution in [-0.4, -0.2) is 65.6 Å². The van der Waals surface area contributed by atoms with Crippen LogP contribution in [-0.2, 0) is 0 Å². The summed E-state index contributed by atoms with van der Waals surface area (Å²) in [6, 6.07) is 6.80. The zero-order valence-electron chi connectivity index (χ0n) is 22.7. The van der Waals surface area contributed by atoms with Gasteiger partial charge >= 0.3 is 0 Å². The fraction of sp³-hybridized carbons (Fsp3) is 0.393. The summed E-state index contributed by atoms with van der Waals surface area (Å²) in [7, 11) is 3.38. The molecule has 37 heavy (non-hydrogen) atoms. The van der Waals surface area contributed by atoms with Gasteiger partial charge in [-0.2, -0.15) is 4.98 Å². The van der Waals surface area contributed by atoms with Crippen molar-refractivity contribution in [2.45, 2.75) is 27.7 Å². The molecule has 0 aliphatic carbocycles. The van der Waals surface area contributed by atoms with E-state index in [1.807, 2.05) is 33.8 Å². The molecule has 2 N–H and O–H groups in total. The number of hydrogen-bond acceptors (Lipinski definition) is 6. The van der Waals surface area contributed by atoms with Gasteiger partial charge in [0, 0.05) is 69.2 Å². The fourth-order valence-electron chi connectivity index (χ4n) is 4.25. The number of carbonyl (C=O) groups is 1. The number of carbonyl (C=O) groups excluding carboxylic acids is 1. The number of benzene rings is 1. The monoisotopic (exact) mass is 507 g/mol. The minimum atomic E-state index is -0.276. The van der Waals surface area contributed by atoms with Gasteiger partial charge in [-0.1, -0.05) is 34.3 Å². The first-order valence-corrected chi connectivity index (χ1v) is 12.5. The Kier molecular flexibility index (Phi) is 10.2. The predicted octanol–water partition coefficient (Wildman–Crippen LogP) is 4.83. The van der Waals surface area contributed by atoms with Crippen molar-refractivity contribution in [2.24, 2.45) is 5.41 Å². The number of amides is 1. The van der Waals surface area contributed by atoms with Crippen LogP contribution in [0.4, 0.5) is 21.7 Å². The van der Waals surface area contributed by atoms with Crippen LogP contribution in [0.25, 0.3) is 17.2 Å². The molecule has 0 atom stereocenters. The maximum atomic E-state index is 14.7. The molecule has 1 aromatic carbocycles. The van der Waals surface area contributed by atoms with Gasteiger partial charge in [0.2, 0.25) is 5.95 Å². The Bertz CT molecular complexity index is 1240. The minimum Gasteiger partial charge on any atom is -0.368 e. The number of nitrogens with zero attached hydrogens (tertiary/aromatic N) is 5. The SMILES string of the molecule is C#C.C=Cn1c(C(=O)N(C)C)cc2cnc(Nc3ccc(N4CC5(CNC5)C4)c(F)c3)nc21.CC.CC. The molecular formula is C28H38FN7O. The Balaban J connectivity index is 0.000000750. The summed E-state index contributed by atoms with van der Waals surface area (Å²) in [5.74, 6) is -0.120. The lowest BCUT2D eigenvalue weighted by atomic mass is 9.74. The molecule has 2 fully saturated rings. The highest BCUT2D eigenvalue weighted by molar-refractivity contribution is 5.98. The molecule has 2 aromatic heterocycles. The summed E-state index contributed by atoms with van der Waals surface area (Å²) in [4.78, 5) is 24.8. The zero-order valence-corrected chi connectivity index (χ0v) is 22.7. The molecule has 5 rings (SSSR count). The number of terminal acetylenes is 1. The molecule has 1 spiro atoms. The van der Waals surface area contributed by atoms with Gasteiger partial charge in [-0.05, 0) is 24.3 Å². The topological polar surface area (TPSA) is 78.3 Å². The number of fused-ring (bicyclic) bond motifs is 1. The molecule has 2 aliphatic heterocycles. The molecule has 3 aromatic rings. The Labute approximate surface area is 219 Å². The second-order valence-electron chi connectivity index (χ2n) is 8.51. The summed E-state index contributed by atoms with van der Waals surface area (Å²) in [6.07, 6.45) is 11.2. The normalized spacial score (nSPS) is 14.4. The molecule has 2 aliphatic rings. The first-order chi connectivity index (χ1) is 17.9. The number of hydrogen-bond donors (Lipinski definition) is 2. The van der Waals surface area contributed by atoms with Crippen molar-refractivity contribution in [1.82, 2.24) is 24.8 Å². The molecular weight excluding hydrogens is 469 g/mol. The Morgan fingerprint density at radius 3 is 2.35 bits per heavy atom. The van der Waals surface area contributed by atoms with Crippen LogP contribution < -0.4 is 15.5 Å². The van der Waals surface area contributed by atoms with E-state index >= 15 is 0 Å². The maximum Gasteiger partial charge on any atom is 0.270 e. The van der Waals surface area contributed by atoms with Gasteiger partial charge in [0.25, 0.3) is 5.91 Å². The third kappa shape index (κ3) is 5.92. The van der Waals surface area contributed by atoms with Gasteiger partial charge in [0.15, 0.2) is 0 Å². The Morgan fingerprint density at radius 1 is 1.19 bits per heavy atom. The summed E-state index contributed by atoms with van der Waals surface area (Å²) >= 11 is 0. The van der Waals surface area contributed by atoms with E-state index in [1.165, 1.54) is 11.0 Å². The van der Waals surface area contributed by atoms with Gasteiger partial charge in [-0.15, -0.1) is 12.8 Å². The highest BCUT2D eigenvalue weighted by Crippen LogP contribution is 2.39. The fourth-order valence-corrected chi connectivity index (χ4v) is 4.25. The van der Waals surface area contributed by atoms with E-state index < -0.39 is 0 Å². The van der Waals surface area contributed by atoms with Gasteiger partial charge < -0.3 is 20.4 Å². The molecule has 4 heterocycles. The van der Waals surface area contributed by atoms with Crippen LogP contribution in [0.2, 0.25) is 0 Å². The summed E-state index contributed by atoms with van der Waals surface area (Å²) in [6.45, 7) is 15.6. The highest BCUT2D eigenvalue weighted by Gasteiger charge is 2.48. The van der Waals surface area contributed by atoms with Crippen LogP contribution in [0.1, 0.15) is 38.2 Å². The summed E-state index contributed by atoms with van der Waals surface area (Å²) in [5, 5.41) is 7.06. The van der Waals surface area contributed by atoms with E-state index in [9.17, 15) is 9.18 Å². The summed E-state index contributed by atoms with van der Waals surface area (Å²) in [5.41, 5.74) is 2.51. The van der Waals surface area contributed by atoms with Gasteiger partial charge in [-0.25, -0.2) is 9.37 Å². The standard InChI is InChI=1S/C22H24FN7O.2C2H6.C2H2/c1-4-30-18(20(31)28(2)3)7-14-9-25-21(27-19(14)30)26-15-5-6-17(16(23)8-15)29-12-22(13-29)10-24-11-22;3*1-2/h4-9,24H,1,10-13H2,2-3H3,(H,25,26,27);2*1-2H3;1-2H. The molecule has 2 saturated heterocycles. The molecule has 0 bridgehead atoms. The van der Waals surface area contributed by atoms with Crippen molar-refractivity contribution < 1.29 is 9.18 Å². The molecule has 8 nitrogen and oxygen atoms in total. The molecule has 9 heteroatoms. The van der Waals surface area contributed by atoms with E-state index in [-0.39, 0.29) is 11.7 Å². The van der Waals surface area contributed by atoms with Crippen molar-refractivity contribution in [3.05, 3.63) is 48.6 Å². The lowest BCUT2D eigenvalue weighted by Crippen LogP contribution is -2.71. The van der Waals surface area contributed by atoms with Gasteiger partial charge in [-0.3, -0.25) is 9.36 Å². The van der Waals surface area contributed by atoms with E-state index in [1.54, 1.807) is 43.2 Å². The van der Waals surface area contributed by atoms with E-state index in [4.69, 9.17) is 0 Å². The predicted molar refractivity (Wildman–Crippen MR) is 152 cm³/mol. The first kappa shape index (κ1) is 29.3. The van der Waals surface area contributed by atoms with Crippen molar-refractivity contribution in [2.75, 3.05) is 50.5 Å². The third-order valence-electron chi connectivity index (χ3n) is 5.98. The van der Waals surface area contributed by atoms with Crippen molar-refractivity contribution in [3.8, 4) is 12.8 Å². The average Bonchev–Trinajstić information content (AvgIpc) is 3.24. The molecule has 0 unspecified atom stereocenters. The maximum absolute atomic E-state index is 14.7. The number of aromatic nitrogens is 3. The Hall–Kier alpha value is -3.90. The summed E-state index contributed by atoms with van der Waals surface area (Å²) < 4.78 is 16.4. The number of anilines is 3. The van der Waals surface area contributed by atoms with Crippen LogP contribution in [0, 0.1) is 24.1 Å². The molecule has 1 amide bonds. The van der Waals surface area contributed by atoms with E-state index in [2.05, 4.69) is 44.9 Å². The second-order valence-corrected chi connectivity index (χ2v) is 8.51. The Morgan fingerprint density at radius 2 is 1.84 bits per heavy atom. The highest BCUT2D eigenvalue weighted by atomic mass is 19.1. The molecule has 0 radical (unpaired) electrons. The smallest absolute Gasteiger partial charge is 0.270 e. The second kappa shape index (κ2) is 12.9. The molecule has 0 saturated carbocycles. The first-order valence-electron chi connectivity index (χ1n) is 12.5. The molecule has 198 valence electrons. The van der Waals surface area contributed by atoms with E-state index in [0.717, 1.165) is 31.6 Å². The van der Waals surface area contributed by atoms with Crippen LogP contribution >= 0.6 is 0 Å². The zero-order chi connectivity index (χ0) is 27.8. The van der Waals surface area contributed by atoms with Crippen molar-refractivity contribution in [3.63, 3.8) is 0 Å². The van der Waals surface area contributed by atoms with Crippen LogP contribution in [0.5, 0.6) is 0 Å². The average molecular weight is 508 g/mol.